The Morgan fingerprint density at radius 3 is 1.93 bits per heavy atom. The molecule has 1 amide bonds. The van der Waals surface area contributed by atoms with Crippen molar-refractivity contribution in [3.05, 3.63) is 0 Å². The molecular formula is C10H22N2O2. The van der Waals surface area contributed by atoms with Crippen LogP contribution in [-0.4, -0.2) is 41.4 Å². The molecule has 1 unspecified atom stereocenters. The Morgan fingerprint density at radius 2 is 1.79 bits per heavy atom. The number of hydrogen-bond acceptors (Lipinski definition) is 3. The number of likely N-dealkylation sites (N-methyl/N-ethyl adjacent to an activating group) is 1. The molecule has 1 aliphatic heterocycles. The minimum Gasteiger partial charge on any atom is -0.394 e. The molecule has 1 atom stereocenters. The SMILES string of the molecule is CC.CC.CC1=NC(CO)C(=O)N1C. The average Bonchev–Trinajstić information content (AvgIpc) is 2.51. The summed E-state index contributed by atoms with van der Waals surface area (Å²) in [4.78, 5) is 16.4. The number of aliphatic hydroxyl groups excluding tert-OH is 1. The van der Waals surface area contributed by atoms with Gasteiger partial charge in [-0.15, -0.1) is 0 Å². The first-order valence-corrected chi connectivity index (χ1v) is 5.09. The van der Waals surface area contributed by atoms with Crippen LogP contribution in [0.2, 0.25) is 0 Å². The molecule has 1 aliphatic rings. The highest BCUT2D eigenvalue weighted by molar-refractivity contribution is 6.04. The van der Waals surface area contributed by atoms with E-state index in [0.29, 0.717) is 5.84 Å². The molecule has 0 saturated carbocycles. The van der Waals surface area contributed by atoms with Crippen molar-refractivity contribution < 1.29 is 9.90 Å². The number of nitrogens with zero attached hydrogens (tertiary/aromatic N) is 2. The summed E-state index contributed by atoms with van der Waals surface area (Å²) in [5.41, 5.74) is 0. The van der Waals surface area contributed by atoms with Gasteiger partial charge in [0.05, 0.1) is 6.61 Å². The predicted octanol–water partition coefficient (Wildman–Crippen LogP) is 1.29. The van der Waals surface area contributed by atoms with Crippen LogP contribution in [0.5, 0.6) is 0 Å². The van der Waals surface area contributed by atoms with Crippen LogP contribution in [0.3, 0.4) is 0 Å². The van der Waals surface area contributed by atoms with Crippen molar-refractivity contribution in [3.8, 4) is 0 Å². The highest BCUT2D eigenvalue weighted by Crippen LogP contribution is 2.07. The van der Waals surface area contributed by atoms with Crippen LogP contribution in [0.25, 0.3) is 0 Å². The third kappa shape index (κ3) is 3.87. The highest BCUT2D eigenvalue weighted by atomic mass is 16.3. The summed E-state index contributed by atoms with van der Waals surface area (Å²) in [6.07, 6.45) is 0. The van der Waals surface area contributed by atoms with Crippen LogP contribution in [0, 0.1) is 0 Å². The average molecular weight is 202 g/mol. The monoisotopic (exact) mass is 202 g/mol. The number of aliphatic hydroxyl groups is 1. The first-order chi connectivity index (χ1) is 6.66. The number of hydrogen-bond donors (Lipinski definition) is 1. The molecule has 4 heteroatoms. The zero-order valence-corrected chi connectivity index (χ0v) is 10.0. The number of aliphatic imine (C=N–C) groups is 1. The standard InChI is InChI=1S/C6H10N2O2.2C2H6/c1-4-7-5(3-9)6(10)8(4)2;2*1-2/h5,9H,3H2,1-2H3;2*1-2H3. The third-order valence-electron chi connectivity index (χ3n) is 1.62. The van der Waals surface area contributed by atoms with E-state index in [9.17, 15) is 4.79 Å². The molecule has 1 heterocycles. The molecule has 0 aromatic heterocycles. The summed E-state index contributed by atoms with van der Waals surface area (Å²) >= 11 is 0. The number of amides is 1. The summed E-state index contributed by atoms with van der Waals surface area (Å²) in [6, 6.07) is -0.551. The Morgan fingerprint density at radius 1 is 1.36 bits per heavy atom. The van der Waals surface area contributed by atoms with Gasteiger partial charge in [-0.2, -0.15) is 0 Å². The van der Waals surface area contributed by atoms with Gasteiger partial charge in [0, 0.05) is 7.05 Å². The molecule has 1 rings (SSSR count). The zero-order valence-electron chi connectivity index (χ0n) is 10.0. The summed E-state index contributed by atoms with van der Waals surface area (Å²) in [6.45, 7) is 9.55. The van der Waals surface area contributed by atoms with Gasteiger partial charge in [0.15, 0.2) is 6.04 Å². The number of carbonyl (C=O) groups excluding carboxylic acids is 1. The molecular weight excluding hydrogens is 180 g/mol. The van der Waals surface area contributed by atoms with Crippen molar-refractivity contribution in [3.63, 3.8) is 0 Å². The van der Waals surface area contributed by atoms with E-state index in [1.807, 2.05) is 27.7 Å². The Kier molecular flexibility index (Phi) is 9.66. The quantitative estimate of drug-likeness (QED) is 0.696. The van der Waals surface area contributed by atoms with Gasteiger partial charge in [0.2, 0.25) is 0 Å². The largest absolute Gasteiger partial charge is 0.394 e. The molecule has 0 radical (unpaired) electrons. The molecule has 0 aromatic rings. The third-order valence-corrected chi connectivity index (χ3v) is 1.62. The fourth-order valence-corrected chi connectivity index (χ4v) is 0.869. The van der Waals surface area contributed by atoms with Crippen LogP contribution in [0.15, 0.2) is 4.99 Å². The van der Waals surface area contributed by atoms with Crippen molar-refractivity contribution in [1.29, 1.82) is 0 Å². The Bertz CT molecular complexity index is 191. The van der Waals surface area contributed by atoms with E-state index in [1.165, 1.54) is 4.90 Å². The molecule has 14 heavy (non-hydrogen) atoms. The second kappa shape index (κ2) is 8.69. The topological polar surface area (TPSA) is 52.9 Å². The second-order valence-electron chi connectivity index (χ2n) is 2.27. The molecule has 0 bridgehead atoms. The Hall–Kier alpha value is -0.900. The molecule has 0 spiro atoms. The Labute approximate surface area is 86.6 Å². The van der Waals surface area contributed by atoms with Crippen LogP contribution in [0.1, 0.15) is 34.6 Å². The van der Waals surface area contributed by atoms with Gasteiger partial charge in [0.25, 0.3) is 5.91 Å². The predicted molar refractivity (Wildman–Crippen MR) is 59.4 cm³/mol. The van der Waals surface area contributed by atoms with E-state index in [0.717, 1.165) is 0 Å². The smallest absolute Gasteiger partial charge is 0.254 e. The van der Waals surface area contributed by atoms with Gasteiger partial charge in [-0.1, -0.05) is 27.7 Å². The lowest BCUT2D eigenvalue weighted by molar-refractivity contribution is -0.127. The van der Waals surface area contributed by atoms with Crippen molar-refractivity contribution >= 4 is 11.7 Å². The number of rotatable bonds is 1. The van der Waals surface area contributed by atoms with Gasteiger partial charge in [0.1, 0.15) is 5.84 Å². The van der Waals surface area contributed by atoms with E-state index in [1.54, 1.807) is 14.0 Å². The Balaban J connectivity index is 0. The van der Waals surface area contributed by atoms with Crippen molar-refractivity contribution in [1.82, 2.24) is 4.90 Å². The molecule has 1 N–H and O–H groups in total. The van der Waals surface area contributed by atoms with Crippen molar-refractivity contribution in [2.24, 2.45) is 4.99 Å². The van der Waals surface area contributed by atoms with Crippen molar-refractivity contribution in [2.45, 2.75) is 40.7 Å². The van der Waals surface area contributed by atoms with E-state index in [2.05, 4.69) is 4.99 Å². The lowest BCUT2D eigenvalue weighted by Crippen LogP contribution is -2.31. The van der Waals surface area contributed by atoms with Gasteiger partial charge in [-0.25, -0.2) is 0 Å². The second-order valence-corrected chi connectivity index (χ2v) is 2.27. The van der Waals surface area contributed by atoms with Crippen molar-refractivity contribution in [2.75, 3.05) is 13.7 Å². The molecule has 0 aromatic carbocycles. The molecule has 84 valence electrons. The molecule has 0 aliphatic carbocycles. The minimum atomic E-state index is -0.551. The molecule has 4 nitrogen and oxygen atoms in total. The molecule has 0 saturated heterocycles. The lowest BCUT2D eigenvalue weighted by Gasteiger charge is -2.07. The lowest BCUT2D eigenvalue weighted by atomic mass is 10.3. The van der Waals surface area contributed by atoms with E-state index < -0.39 is 6.04 Å². The normalized spacial score (nSPS) is 19.1. The minimum absolute atomic E-state index is 0.125. The van der Waals surface area contributed by atoms with Gasteiger partial charge in [-0.3, -0.25) is 9.79 Å². The zero-order chi connectivity index (χ0) is 11.7. The summed E-state index contributed by atoms with van der Waals surface area (Å²) < 4.78 is 0. The number of amidine groups is 1. The van der Waals surface area contributed by atoms with Gasteiger partial charge in [-0.05, 0) is 6.92 Å². The molecule has 0 fully saturated rings. The van der Waals surface area contributed by atoms with E-state index in [4.69, 9.17) is 5.11 Å². The first-order valence-electron chi connectivity index (χ1n) is 5.09. The van der Waals surface area contributed by atoms with Crippen LogP contribution in [-0.2, 0) is 4.79 Å². The maximum atomic E-state index is 11.0. The summed E-state index contributed by atoms with van der Waals surface area (Å²) in [5, 5.41) is 8.62. The van der Waals surface area contributed by atoms with E-state index >= 15 is 0 Å². The fraction of sp³-hybridized carbons (Fsp3) is 0.800. The van der Waals surface area contributed by atoms with Crippen LogP contribution >= 0.6 is 0 Å². The maximum absolute atomic E-state index is 11.0. The summed E-state index contributed by atoms with van der Waals surface area (Å²) in [7, 11) is 1.65. The van der Waals surface area contributed by atoms with E-state index in [-0.39, 0.29) is 12.5 Å². The summed E-state index contributed by atoms with van der Waals surface area (Å²) in [5.74, 6) is 0.545. The maximum Gasteiger partial charge on any atom is 0.254 e. The van der Waals surface area contributed by atoms with Crippen LogP contribution in [0.4, 0.5) is 0 Å². The first kappa shape index (κ1) is 15.6. The van der Waals surface area contributed by atoms with Gasteiger partial charge >= 0.3 is 0 Å². The fourth-order valence-electron chi connectivity index (χ4n) is 0.869. The number of carbonyl (C=O) groups is 1. The van der Waals surface area contributed by atoms with Crippen LogP contribution < -0.4 is 0 Å². The van der Waals surface area contributed by atoms with Gasteiger partial charge < -0.3 is 10.0 Å². The highest BCUT2D eigenvalue weighted by Gasteiger charge is 2.28.